The van der Waals surface area contributed by atoms with Gasteiger partial charge < -0.3 is 9.64 Å². The molecular formula is C22H28N2O3S. The van der Waals surface area contributed by atoms with Crippen LogP contribution < -0.4 is 9.64 Å². The number of hydrogen-bond donors (Lipinski definition) is 0. The lowest BCUT2D eigenvalue weighted by Crippen LogP contribution is -2.44. The van der Waals surface area contributed by atoms with Crippen LogP contribution in [0.4, 0.5) is 10.5 Å². The Kier molecular flexibility index (Phi) is 5.36. The molecule has 0 radical (unpaired) electrons. The highest BCUT2D eigenvalue weighted by atomic mass is 32.2. The van der Waals surface area contributed by atoms with Crippen molar-refractivity contribution in [2.24, 2.45) is 0 Å². The van der Waals surface area contributed by atoms with Crippen molar-refractivity contribution in [2.75, 3.05) is 18.6 Å². The van der Waals surface area contributed by atoms with Gasteiger partial charge in [-0.3, -0.25) is 14.5 Å². The highest BCUT2D eigenvalue weighted by Crippen LogP contribution is 2.43. The lowest BCUT2D eigenvalue weighted by Gasteiger charge is -2.43. The summed E-state index contributed by atoms with van der Waals surface area (Å²) in [6.45, 7) is 13.2. The van der Waals surface area contributed by atoms with E-state index in [1.165, 1.54) is 10.5 Å². The molecular weight excluding hydrogens is 372 g/mol. The normalized spacial score (nSPS) is 20.1. The third kappa shape index (κ3) is 3.34. The molecule has 1 fully saturated rings. The minimum absolute atomic E-state index is 0.0850. The average molecular weight is 401 g/mol. The standard InChI is InChI=1S/C22H28N2O3S/c1-8-23-17-11-18(27-7)15(9-16(17)14(4)12-22(23,5)6)10-19-20(25)24(13(2)3)21(26)28-19/h9-13H,8H2,1-7H3/b19-10+. The first-order valence-electron chi connectivity index (χ1n) is 9.57. The molecule has 150 valence electrons. The summed E-state index contributed by atoms with van der Waals surface area (Å²) in [5.74, 6) is 0.451. The molecule has 0 spiro atoms. The van der Waals surface area contributed by atoms with Gasteiger partial charge in [-0.1, -0.05) is 6.08 Å². The molecule has 1 saturated heterocycles. The first-order valence-corrected chi connectivity index (χ1v) is 10.4. The molecule has 0 N–H and O–H groups in total. The third-order valence-electron chi connectivity index (χ3n) is 5.27. The molecule has 1 aromatic carbocycles. The molecule has 0 aliphatic carbocycles. The summed E-state index contributed by atoms with van der Waals surface area (Å²) in [7, 11) is 1.63. The summed E-state index contributed by atoms with van der Waals surface area (Å²) in [4.78, 5) is 28.9. The molecule has 0 atom stereocenters. The monoisotopic (exact) mass is 400 g/mol. The number of carbonyl (C=O) groups excluding carboxylic acids is 2. The Morgan fingerprint density at radius 2 is 1.93 bits per heavy atom. The maximum absolute atomic E-state index is 12.7. The van der Waals surface area contributed by atoms with Gasteiger partial charge in [0.15, 0.2) is 0 Å². The molecule has 0 unspecified atom stereocenters. The van der Waals surface area contributed by atoms with Gasteiger partial charge in [-0.25, -0.2) is 0 Å². The van der Waals surface area contributed by atoms with Gasteiger partial charge in [-0.2, -0.15) is 0 Å². The summed E-state index contributed by atoms with van der Waals surface area (Å²) < 4.78 is 5.64. The van der Waals surface area contributed by atoms with Gasteiger partial charge in [0.1, 0.15) is 5.75 Å². The Morgan fingerprint density at radius 3 is 2.46 bits per heavy atom. The van der Waals surface area contributed by atoms with Crippen LogP contribution in [-0.4, -0.2) is 41.3 Å². The summed E-state index contributed by atoms with van der Waals surface area (Å²) in [5, 5.41) is -0.224. The summed E-state index contributed by atoms with van der Waals surface area (Å²) >= 11 is 0.985. The van der Waals surface area contributed by atoms with Crippen molar-refractivity contribution in [3.8, 4) is 5.75 Å². The highest BCUT2D eigenvalue weighted by molar-refractivity contribution is 8.18. The number of anilines is 1. The van der Waals surface area contributed by atoms with E-state index in [9.17, 15) is 9.59 Å². The second-order valence-corrected chi connectivity index (χ2v) is 8.98. The van der Waals surface area contributed by atoms with Gasteiger partial charge >= 0.3 is 0 Å². The second-order valence-electron chi connectivity index (χ2n) is 7.98. The van der Waals surface area contributed by atoms with E-state index in [0.717, 1.165) is 35.1 Å². The summed E-state index contributed by atoms with van der Waals surface area (Å²) in [5.41, 5.74) is 4.16. The number of rotatable bonds is 4. The van der Waals surface area contributed by atoms with E-state index in [1.807, 2.05) is 19.9 Å². The highest BCUT2D eigenvalue weighted by Gasteiger charge is 2.37. The number of likely N-dealkylation sites (N-methyl/N-ethyl adjacent to an activating group) is 1. The molecule has 5 nitrogen and oxygen atoms in total. The van der Waals surface area contributed by atoms with E-state index in [-0.39, 0.29) is 22.7 Å². The zero-order valence-electron chi connectivity index (χ0n) is 17.6. The first kappa shape index (κ1) is 20.5. The zero-order chi connectivity index (χ0) is 20.8. The quantitative estimate of drug-likeness (QED) is 0.653. The number of amides is 2. The van der Waals surface area contributed by atoms with Crippen LogP contribution >= 0.6 is 11.8 Å². The van der Waals surface area contributed by atoms with Crippen LogP contribution in [-0.2, 0) is 4.79 Å². The number of imide groups is 1. The van der Waals surface area contributed by atoms with E-state index in [2.05, 4.69) is 44.7 Å². The average Bonchev–Trinajstić information content (AvgIpc) is 2.88. The van der Waals surface area contributed by atoms with Gasteiger partial charge in [0.2, 0.25) is 0 Å². The molecule has 6 heteroatoms. The summed E-state index contributed by atoms with van der Waals surface area (Å²) in [6.07, 6.45) is 4.04. The number of fused-ring (bicyclic) bond motifs is 1. The Bertz CT molecular complexity index is 899. The van der Waals surface area contributed by atoms with Gasteiger partial charge in [-0.05, 0) is 71.0 Å². The maximum atomic E-state index is 12.7. The smallest absolute Gasteiger partial charge is 0.293 e. The Balaban J connectivity index is 2.11. The maximum Gasteiger partial charge on any atom is 0.293 e. The number of methoxy groups -OCH3 is 1. The minimum Gasteiger partial charge on any atom is -0.496 e. The zero-order valence-corrected chi connectivity index (χ0v) is 18.4. The topological polar surface area (TPSA) is 49.9 Å². The molecule has 2 aliphatic heterocycles. The second kappa shape index (κ2) is 7.32. The van der Waals surface area contributed by atoms with Crippen LogP contribution in [0, 0.1) is 0 Å². The number of carbonyl (C=O) groups is 2. The van der Waals surface area contributed by atoms with Crippen molar-refractivity contribution in [3.63, 3.8) is 0 Å². The van der Waals surface area contributed by atoms with E-state index in [1.54, 1.807) is 13.2 Å². The van der Waals surface area contributed by atoms with Crippen molar-refractivity contribution in [1.29, 1.82) is 0 Å². The van der Waals surface area contributed by atoms with Crippen LogP contribution in [0.2, 0.25) is 0 Å². The van der Waals surface area contributed by atoms with Gasteiger partial charge in [-0.15, -0.1) is 0 Å². The Morgan fingerprint density at radius 1 is 1.25 bits per heavy atom. The largest absolute Gasteiger partial charge is 0.496 e. The molecule has 2 amide bonds. The lowest BCUT2D eigenvalue weighted by molar-refractivity contribution is -0.123. The number of thioether (sulfide) groups is 1. The Labute approximate surface area is 171 Å². The molecule has 2 heterocycles. The third-order valence-corrected chi connectivity index (χ3v) is 6.16. The molecule has 28 heavy (non-hydrogen) atoms. The van der Waals surface area contributed by atoms with Crippen LogP contribution in [0.25, 0.3) is 11.6 Å². The lowest BCUT2D eigenvalue weighted by atomic mass is 9.87. The van der Waals surface area contributed by atoms with Gasteiger partial charge in [0, 0.05) is 35.5 Å². The number of hydrogen-bond acceptors (Lipinski definition) is 5. The Hall–Kier alpha value is -2.21. The number of allylic oxidation sites excluding steroid dienone is 1. The molecule has 1 aromatic rings. The predicted molar refractivity (Wildman–Crippen MR) is 117 cm³/mol. The van der Waals surface area contributed by atoms with Crippen LogP contribution in [0.3, 0.4) is 0 Å². The first-order chi connectivity index (χ1) is 13.1. The molecule has 0 bridgehead atoms. The fourth-order valence-corrected chi connectivity index (χ4v) is 5.01. The number of benzene rings is 1. The van der Waals surface area contributed by atoms with Crippen molar-refractivity contribution < 1.29 is 14.3 Å². The van der Waals surface area contributed by atoms with E-state index < -0.39 is 0 Å². The van der Waals surface area contributed by atoms with Crippen molar-refractivity contribution >= 4 is 40.2 Å². The number of nitrogens with zero attached hydrogens (tertiary/aromatic N) is 2. The van der Waals surface area contributed by atoms with Crippen molar-refractivity contribution in [1.82, 2.24) is 4.90 Å². The van der Waals surface area contributed by atoms with Gasteiger partial charge in [0.05, 0.1) is 17.6 Å². The van der Waals surface area contributed by atoms with E-state index >= 15 is 0 Å². The molecule has 3 rings (SSSR count). The van der Waals surface area contributed by atoms with Gasteiger partial charge in [0.25, 0.3) is 11.1 Å². The molecule has 2 aliphatic rings. The van der Waals surface area contributed by atoms with Crippen molar-refractivity contribution in [3.05, 3.63) is 34.2 Å². The fraction of sp³-hybridized carbons (Fsp3) is 0.455. The van der Waals surface area contributed by atoms with Crippen LogP contribution in [0.15, 0.2) is 23.1 Å². The minimum atomic E-state index is -0.242. The summed E-state index contributed by atoms with van der Waals surface area (Å²) in [6, 6.07) is 3.94. The van der Waals surface area contributed by atoms with E-state index in [0.29, 0.717) is 10.7 Å². The molecule has 0 saturated carbocycles. The fourth-order valence-electron chi connectivity index (χ4n) is 4.05. The van der Waals surface area contributed by atoms with Crippen molar-refractivity contribution in [2.45, 2.75) is 53.1 Å². The van der Waals surface area contributed by atoms with Crippen LogP contribution in [0.5, 0.6) is 5.75 Å². The molecule has 0 aromatic heterocycles. The van der Waals surface area contributed by atoms with Crippen LogP contribution in [0.1, 0.15) is 52.7 Å². The predicted octanol–water partition coefficient (Wildman–Crippen LogP) is 5.16. The SMILES string of the molecule is CCN1c2cc(OC)c(/C=C3/SC(=O)N(C(C)C)C3=O)cc2C(C)=CC1(C)C. The number of ether oxygens (including phenoxy) is 1. The van der Waals surface area contributed by atoms with E-state index in [4.69, 9.17) is 4.74 Å².